The van der Waals surface area contributed by atoms with Crippen molar-refractivity contribution in [3.8, 4) is 17.1 Å². The summed E-state index contributed by atoms with van der Waals surface area (Å²) in [5, 5.41) is 4.18. The Bertz CT molecular complexity index is 604. The fraction of sp³-hybridized carbons (Fsp3) is 0. The van der Waals surface area contributed by atoms with Crippen molar-refractivity contribution >= 4 is 0 Å². The second kappa shape index (κ2) is 4.13. The minimum Gasteiger partial charge on any atom is -0.241 e. The van der Waals surface area contributed by atoms with Gasteiger partial charge < -0.3 is 0 Å². The van der Waals surface area contributed by atoms with Crippen molar-refractivity contribution in [1.82, 2.24) is 24.7 Å². The molecule has 0 fully saturated rings. The number of nitrogens with zero attached hydrogens (tertiary/aromatic N) is 5. The van der Waals surface area contributed by atoms with Gasteiger partial charge in [0.2, 0.25) is 0 Å². The Labute approximate surface area is 97.8 Å². The first-order valence-corrected chi connectivity index (χ1v) is 5.16. The molecule has 0 unspecified atom stereocenters. The molecule has 0 bridgehead atoms. The molecule has 5 heteroatoms. The van der Waals surface area contributed by atoms with Gasteiger partial charge in [-0.15, -0.1) is 0 Å². The highest BCUT2D eigenvalue weighted by atomic mass is 15.3. The Morgan fingerprint density at radius 2 is 1.88 bits per heavy atom. The predicted octanol–water partition coefficient (Wildman–Crippen LogP) is 1.72. The third-order valence-electron chi connectivity index (χ3n) is 2.37. The zero-order chi connectivity index (χ0) is 11.5. The minimum absolute atomic E-state index is 0.661. The first-order chi connectivity index (χ1) is 8.43. The van der Waals surface area contributed by atoms with Crippen molar-refractivity contribution in [2.24, 2.45) is 0 Å². The molecular formula is C12H9N5. The lowest BCUT2D eigenvalue weighted by Crippen LogP contribution is -1.95. The van der Waals surface area contributed by atoms with Gasteiger partial charge in [0.05, 0.1) is 5.69 Å². The molecule has 3 rings (SSSR count). The largest absolute Gasteiger partial charge is 0.241 e. The van der Waals surface area contributed by atoms with Crippen LogP contribution in [-0.4, -0.2) is 24.7 Å². The smallest absolute Gasteiger partial charge is 0.162 e. The highest BCUT2D eigenvalue weighted by Crippen LogP contribution is 2.17. The van der Waals surface area contributed by atoms with E-state index in [1.807, 2.05) is 36.5 Å². The maximum Gasteiger partial charge on any atom is 0.162 e. The van der Waals surface area contributed by atoms with Crippen LogP contribution in [0.25, 0.3) is 17.1 Å². The molecule has 0 saturated carbocycles. The van der Waals surface area contributed by atoms with Crippen LogP contribution in [0.2, 0.25) is 0 Å². The summed E-state index contributed by atoms with van der Waals surface area (Å²) in [6, 6.07) is 9.77. The summed E-state index contributed by atoms with van der Waals surface area (Å²) < 4.78 is 1.80. The van der Waals surface area contributed by atoms with Crippen molar-refractivity contribution < 1.29 is 0 Å². The van der Waals surface area contributed by atoms with Gasteiger partial charge in [-0.05, 0) is 18.2 Å². The van der Waals surface area contributed by atoms with Crippen LogP contribution in [0.15, 0.2) is 55.4 Å². The molecule has 5 nitrogen and oxygen atoms in total. The van der Waals surface area contributed by atoms with Gasteiger partial charge in [0, 0.05) is 18.0 Å². The monoisotopic (exact) mass is 223 g/mol. The number of aromatic nitrogens is 5. The minimum atomic E-state index is 0.661. The van der Waals surface area contributed by atoms with Crippen LogP contribution in [0, 0.1) is 0 Å². The van der Waals surface area contributed by atoms with Crippen molar-refractivity contribution in [1.29, 1.82) is 0 Å². The van der Waals surface area contributed by atoms with Gasteiger partial charge in [-0.25, -0.2) is 19.6 Å². The average Bonchev–Trinajstić information content (AvgIpc) is 2.94. The number of rotatable bonds is 2. The summed E-state index contributed by atoms with van der Waals surface area (Å²) in [7, 11) is 0. The lowest BCUT2D eigenvalue weighted by molar-refractivity contribution is 0.880. The maximum atomic E-state index is 4.18. The number of hydrogen-bond acceptors (Lipinski definition) is 4. The molecule has 0 radical (unpaired) electrons. The first kappa shape index (κ1) is 9.65. The fourth-order valence-corrected chi connectivity index (χ4v) is 1.60. The second-order valence-electron chi connectivity index (χ2n) is 3.46. The number of benzene rings is 1. The summed E-state index contributed by atoms with van der Waals surface area (Å²) in [4.78, 5) is 12.0. The third-order valence-corrected chi connectivity index (χ3v) is 2.37. The highest BCUT2D eigenvalue weighted by Gasteiger charge is 2.02. The Hall–Kier alpha value is -2.56. The Kier molecular flexibility index (Phi) is 2.34. The molecule has 0 N–H and O–H groups in total. The van der Waals surface area contributed by atoms with Gasteiger partial charge in [-0.2, -0.15) is 5.10 Å². The quantitative estimate of drug-likeness (QED) is 0.663. The Morgan fingerprint density at radius 1 is 1.00 bits per heavy atom. The van der Waals surface area contributed by atoms with E-state index in [1.54, 1.807) is 10.9 Å². The van der Waals surface area contributed by atoms with Crippen LogP contribution >= 0.6 is 0 Å². The SMILES string of the molecule is c1cc(-c2ncncn2)cc(-n2cccn2)c1. The van der Waals surface area contributed by atoms with Crippen LogP contribution in [0.4, 0.5) is 0 Å². The van der Waals surface area contributed by atoms with E-state index in [0.717, 1.165) is 11.3 Å². The molecular weight excluding hydrogens is 214 g/mol. The zero-order valence-corrected chi connectivity index (χ0v) is 8.93. The maximum absolute atomic E-state index is 4.18. The van der Waals surface area contributed by atoms with E-state index < -0.39 is 0 Å². The van der Waals surface area contributed by atoms with Crippen molar-refractivity contribution in [2.75, 3.05) is 0 Å². The van der Waals surface area contributed by atoms with Crippen LogP contribution in [-0.2, 0) is 0 Å². The van der Waals surface area contributed by atoms with Gasteiger partial charge in [0.15, 0.2) is 5.82 Å². The lowest BCUT2D eigenvalue weighted by Gasteiger charge is -2.03. The Balaban J connectivity index is 2.06. The van der Waals surface area contributed by atoms with E-state index in [9.17, 15) is 0 Å². The molecule has 2 heterocycles. The molecule has 0 aliphatic rings. The highest BCUT2D eigenvalue weighted by molar-refractivity contribution is 5.58. The molecule has 82 valence electrons. The Morgan fingerprint density at radius 3 is 2.65 bits per heavy atom. The van der Waals surface area contributed by atoms with E-state index in [4.69, 9.17) is 0 Å². The predicted molar refractivity (Wildman–Crippen MR) is 62.4 cm³/mol. The van der Waals surface area contributed by atoms with Gasteiger partial charge in [-0.1, -0.05) is 12.1 Å². The molecule has 3 aromatic rings. The summed E-state index contributed by atoms with van der Waals surface area (Å²) in [6.07, 6.45) is 6.62. The zero-order valence-electron chi connectivity index (χ0n) is 8.93. The van der Waals surface area contributed by atoms with E-state index in [1.165, 1.54) is 12.7 Å². The van der Waals surface area contributed by atoms with Crippen molar-refractivity contribution in [2.45, 2.75) is 0 Å². The summed E-state index contributed by atoms with van der Waals surface area (Å²) >= 11 is 0. The van der Waals surface area contributed by atoms with Gasteiger partial charge in [0.25, 0.3) is 0 Å². The number of hydrogen-bond donors (Lipinski definition) is 0. The molecule has 2 aromatic heterocycles. The molecule has 0 saturated heterocycles. The topological polar surface area (TPSA) is 56.5 Å². The van der Waals surface area contributed by atoms with Crippen molar-refractivity contribution in [3.05, 3.63) is 55.4 Å². The van der Waals surface area contributed by atoms with E-state index >= 15 is 0 Å². The molecule has 1 aromatic carbocycles. The fourth-order valence-electron chi connectivity index (χ4n) is 1.60. The van der Waals surface area contributed by atoms with Crippen LogP contribution in [0.1, 0.15) is 0 Å². The molecule has 17 heavy (non-hydrogen) atoms. The van der Waals surface area contributed by atoms with Gasteiger partial charge in [-0.3, -0.25) is 0 Å². The summed E-state index contributed by atoms with van der Waals surface area (Å²) in [5.41, 5.74) is 1.92. The standard InChI is InChI=1S/C12H9N5/c1-3-10(12-14-8-13-9-15-12)7-11(4-1)17-6-2-5-16-17/h1-9H. The molecule has 0 aliphatic heterocycles. The summed E-state index contributed by atoms with van der Waals surface area (Å²) in [5.74, 6) is 0.661. The van der Waals surface area contributed by atoms with E-state index in [0.29, 0.717) is 5.82 Å². The van der Waals surface area contributed by atoms with Crippen LogP contribution in [0.5, 0.6) is 0 Å². The lowest BCUT2D eigenvalue weighted by atomic mass is 10.2. The molecule has 0 amide bonds. The average molecular weight is 223 g/mol. The van der Waals surface area contributed by atoms with Crippen molar-refractivity contribution in [3.63, 3.8) is 0 Å². The van der Waals surface area contributed by atoms with E-state index in [-0.39, 0.29) is 0 Å². The third kappa shape index (κ3) is 1.90. The molecule has 0 atom stereocenters. The first-order valence-electron chi connectivity index (χ1n) is 5.16. The molecule has 0 aliphatic carbocycles. The van der Waals surface area contributed by atoms with Crippen LogP contribution < -0.4 is 0 Å². The second-order valence-corrected chi connectivity index (χ2v) is 3.46. The normalized spacial score (nSPS) is 10.4. The summed E-state index contributed by atoms with van der Waals surface area (Å²) in [6.45, 7) is 0. The van der Waals surface area contributed by atoms with Crippen LogP contribution in [0.3, 0.4) is 0 Å². The van der Waals surface area contributed by atoms with E-state index in [2.05, 4.69) is 20.1 Å². The van der Waals surface area contributed by atoms with Gasteiger partial charge >= 0.3 is 0 Å². The van der Waals surface area contributed by atoms with Gasteiger partial charge in [0.1, 0.15) is 12.7 Å². The molecule has 0 spiro atoms.